The predicted molar refractivity (Wildman–Crippen MR) is 97.7 cm³/mol. The first-order valence-electron chi connectivity index (χ1n) is 7.83. The van der Waals surface area contributed by atoms with E-state index in [1.807, 2.05) is 48.5 Å². The topological polar surface area (TPSA) is 68.6 Å². The van der Waals surface area contributed by atoms with Crippen LogP contribution in [0.3, 0.4) is 0 Å². The molecule has 1 aliphatic heterocycles. The van der Waals surface area contributed by atoms with Crippen molar-refractivity contribution < 1.29 is 9.34 Å². The number of hydrogen-bond donors (Lipinski definition) is 0. The largest absolute Gasteiger partial charge is 0.463 e. The number of nitrogens with zero attached hydrogens (tertiary/aromatic N) is 2. The summed E-state index contributed by atoms with van der Waals surface area (Å²) in [6.07, 6.45) is 2.17. The molecule has 1 aromatic heterocycles. The van der Waals surface area contributed by atoms with Crippen LogP contribution in [0.2, 0.25) is 0 Å². The van der Waals surface area contributed by atoms with Crippen molar-refractivity contribution >= 4 is 28.8 Å². The Balaban J connectivity index is 1.83. The molecule has 0 saturated carbocycles. The number of nitro groups is 1. The highest BCUT2D eigenvalue weighted by atomic mass is 32.2. The van der Waals surface area contributed by atoms with Gasteiger partial charge in [0.15, 0.2) is 0 Å². The van der Waals surface area contributed by atoms with Crippen LogP contribution in [0.25, 0.3) is 0 Å². The first-order chi connectivity index (χ1) is 12.2. The van der Waals surface area contributed by atoms with Crippen molar-refractivity contribution in [3.05, 3.63) is 88.4 Å². The molecule has 5 nitrogen and oxygen atoms in total. The Bertz CT molecular complexity index is 951. The fourth-order valence-corrected chi connectivity index (χ4v) is 4.17. The van der Waals surface area contributed by atoms with Gasteiger partial charge in [-0.05, 0) is 24.3 Å². The molecular weight excluding hydrogens is 336 g/mol. The molecule has 0 N–H and O–H groups in total. The van der Waals surface area contributed by atoms with Crippen LogP contribution in [-0.4, -0.2) is 10.6 Å². The number of benzene rings is 2. The van der Waals surface area contributed by atoms with Gasteiger partial charge in [-0.1, -0.05) is 30.3 Å². The van der Waals surface area contributed by atoms with Crippen LogP contribution < -0.4 is 0 Å². The summed E-state index contributed by atoms with van der Waals surface area (Å²) >= 11 is 1.60. The van der Waals surface area contributed by atoms with E-state index in [1.54, 1.807) is 30.2 Å². The summed E-state index contributed by atoms with van der Waals surface area (Å²) in [5.41, 5.74) is 2.50. The molecule has 25 heavy (non-hydrogen) atoms. The third kappa shape index (κ3) is 3.08. The smallest absolute Gasteiger partial charge is 0.273 e. The molecule has 0 amide bonds. The van der Waals surface area contributed by atoms with E-state index >= 15 is 0 Å². The molecule has 2 heterocycles. The summed E-state index contributed by atoms with van der Waals surface area (Å²) in [6.45, 7) is 0. The zero-order valence-electron chi connectivity index (χ0n) is 13.2. The molecule has 4 rings (SSSR count). The predicted octanol–water partition coefficient (Wildman–Crippen LogP) is 5.55. The standard InChI is InChI=1S/C19H14N2O3S/c22-21(23)16-8-3-1-6-13(16)19-12-15(17-9-5-11-24-17)20-14-7-2-4-10-18(14)25-19/h1-11,19H,12H2. The molecule has 0 bridgehead atoms. The maximum absolute atomic E-state index is 11.5. The van der Waals surface area contributed by atoms with E-state index in [9.17, 15) is 10.1 Å². The monoisotopic (exact) mass is 350 g/mol. The number of furan rings is 1. The summed E-state index contributed by atoms with van der Waals surface area (Å²) in [4.78, 5) is 16.9. The minimum Gasteiger partial charge on any atom is -0.463 e. The Morgan fingerprint density at radius 1 is 1.08 bits per heavy atom. The van der Waals surface area contributed by atoms with Gasteiger partial charge >= 0.3 is 0 Å². The third-order valence-electron chi connectivity index (χ3n) is 4.05. The maximum atomic E-state index is 11.5. The van der Waals surface area contributed by atoms with Gasteiger partial charge in [-0.15, -0.1) is 11.8 Å². The van der Waals surface area contributed by atoms with Gasteiger partial charge in [-0.3, -0.25) is 10.1 Å². The summed E-state index contributed by atoms with van der Waals surface area (Å²) in [7, 11) is 0. The Morgan fingerprint density at radius 3 is 2.68 bits per heavy atom. The molecule has 0 aliphatic carbocycles. The van der Waals surface area contributed by atoms with Gasteiger partial charge in [-0.2, -0.15) is 0 Å². The Labute approximate surface area is 148 Å². The second kappa shape index (κ2) is 6.57. The van der Waals surface area contributed by atoms with E-state index in [2.05, 4.69) is 0 Å². The van der Waals surface area contributed by atoms with Crippen LogP contribution >= 0.6 is 11.8 Å². The average molecular weight is 350 g/mol. The number of aliphatic imine (C=N–C) groups is 1. The fraction of sp³-hybridized carbons (Fsp3) is 0.105. The number of para-hydroxylation sites is 2. The zero-order valence-corrected chi connectivity index (χ0v) is 14.0. The van der Waals surface area contributed by atoms with Gasteiger partial charge in [0.25, 0.3) is 5.69 Å². The van der Waals surface area contributed by atoms with Crippen LogP contribution in [0.1, 0.15) is 23.0 Å². The average Bonchev–Trinajstić information content (AvgIpc) is 3.09. The Morgan fingerprint density at radius 2 is 1.88 bits per heavy atom. The summed E-state index contributed by atoms with van der Waals surface area (Å²) in [5, 5.41) is 11.3. The molecule has 124 valence electrons. The lowest BCUT2D eigenvalue weighted by atomic mass is 10.0. The van der Waals surface area contributed by atoms with E-state index < -0.39 is 0 Å². The lowest BCUT2D eigenvalue weighted by Gasteiger charge is -2.15. The first-order valence-corrected chi connectivity index (χ1v) is 8.71. The zero-order chi connectivity index (χ0) is 17.2. The van der Waals surface area contributed by atoms with E-state index in [1.165, 1.54) is 0 Å². The molecule has 3 aromatic rings. The van der Waals surface area contributed by atoms with Crippen LogP contribution in [0.5, 0.6) is 0 Å². The van der Waals surface area contributed by atoms with Crippen LogP contribution in [0, 0.1) is 10.1 Å². The van der Waals surface area contributed by atoms with Crippen LogP contribution in [-0.2, 0) is 0 Å². The summed E-state index contributed by atoms with van der Waals surface area (Å²) in [5.74, 6) is 0.695. The minimum atomic E-state index is -0.323. The van der Waals surface area contributed by atoms with Crippen molar-refractivity contribution in [2.24, 2.45) is 4.99 Å². The van der Waals surface area contributed by atoms with E-state index in [0.717, 1.165) is 16.3 Å². The Kier molecular flexibility index (Phi) is 4.11. The van der Waals surface area contributed by atoms with E-state index in [0.29, 0.717) is 17.7 Å². The molecule has 0 radical (unpaired) electrons. The number of fused-ring (bicyclic) bond motifs is 1. The van der Waals surface area contributed by atoms with Crippen molar-refractivity contribution in [3.63, 3.8) is 0 Å². The number of rotatable bonds is 3. The van der Waals surface area contributed by atoms with E-state index in [4.69, 9.17) is 9.41 Å². The van der Waals surface area contributed by atoms with Crippen molar-refractivity contribution in [3.8, 4) is 0 Å². The maximum Gasteiger partial charge on any atom is 0.273 e. The number of hydrogen-bond acceptors (Lipinski definition) is 5. The highest BCUT2D eigenvalue weighted by molar-refractivity contribution is 7.99. The van der Waals surface area contributed by atoms with Crippen molar-refractivity contribution in [2.75, 3.05) is 0 Å². The highest BCUT2D eigenvalue weighted by Crippen LogP contribution is 2.47. The van der Waals surface area contributed by atoms with Gasteiger partial charge < -0.3 is 4.42 Å². The van der Waals surface area contributed by atoms with E-state index in [-0.39, 0.29) is 15.9 Å². The Hall–Kier alpha value is -2.86. The lowest BCUT2D eigenvalue weighted by molar-refractivity contribution is -0.385. The molecule has 2 aromatic carbocycles. The minimum absolute atomic E-state index is 0.117. The molecule has 1 unspecified atom stereocenters. The number of thioether (sulfide) groups is 1. The number of nitro benzene ring substituents is 1. The molecule has 1 aliphatic rings. The normalized spacial score (nSPS) is 16.6. The fourth-order valence-electron chi connectivity index (χ4n) is 2.91. The molecule has 1 atom stereocenters. The van der Waals surface area contributed by atoms with Gasteiger partial charge in [-0.25, -0.2) is 4.99 Å². The van der Waals surface area contributed by atoms with Crippen LogP contribution in [0.15, 0.2) is 81.2 Å². The first kappa shape index (κ1) is 15.7. The molecule has 0 saturated heterocycles. The van der Waals surface area contributed by atoms with Gasteiger partial charge in [0, 0.05) is 28.2 Å². The van der Waals surface area contributed by atoms with Crippen molar-refractivity contribution in [1.82, 2.24) is 0 Å². The molecule has 0 fully saturated rings. The van der Waals surface area contributed by atoms with Gasteiger partial charge in [0.05, 0.1) is 22.6 Å². The van der Waals surface area contributed by atoms with Crippen LogP contribution in [0.4, 0.5) is 11.4 Å². The SMILES string of the molecule is O=[N+]([O-])c1ccccc1C1CC(c2ccco2)=Nc2ccccc2S1. The second-order valence-electron chi connectivity index (χ2n) is 5.63. The third-order valence-corrected chi connectivity index (χ3v) is 5.36. The highest BCUT2D eigenvalue weighted by Gasteiger charge is 2.28. The second-order valence-corrected chi connectivity index (χ2v) is 6.87. The summed E-state index contributed by atoms with van der Waals surface area (Å²) in [6, 6.07) is 18.4. The van der Waals surface area contributed by atoms with Crippen molar-refractivity contribution in [2.45, 2.75) is 16.6 Å². The van der Waals surface area contributed by atoms with Gasteiger partial charge in [0.2, 0.25) is 0 Å². The molecule has 0 spiro atoms. The summed E-state index contributed by atoms with van der Waals surface area (Å²) < 4.78 is 5.53. The molecule has 6 heteroatoms. The quantitative estimate of drug-likeness (QED) is 0.459. The molecular formula is C19H14N2O3S. The van der Waals surface area contributed by atoms with Crippen molar-refractivity contribution in [1.29, 1.82) is 0 Å². The van der Waals surface area contributed by atoms with Gasteiger partial charge in [0.1, 0.15) is 5.76 Å². The lowest BCUT2D eigenvalue weighted by Crippen LogP contribution is -2.06.